The van der Waals surface area contributed by atoms with Crippen LogP contribution in [0.15, 0.2) is 158 Å². The third-order valence-corrected chi connectivity index (χ3v) is 8.23. The molecule has 0 heterocycles. The van der Waals surface area contributed by atoms with E-state index in [2.05, 4.69) is 152 Å². The van der Waals surface area contributed by atoms with Gasteiger partial charge in [-0.25, -0.2) is 12.2 Å². The minimum absolute atomic E-state index is 0. The fraction of sp³-hybridized carbons (Fsp3) is 0.0750. The number of rotatable bonds is 1. The first-order valence-corrected chi connectivity index (χ1v) is 20.8. The van der Waals surface area contributed by atoms with Crippen LogP contribution in [0, 0.1) is 6.08 Å². The number of fused-ring (bicyclic) bond motifs is 7. The molecule has 46 heavy (non-hydrogen) atoms. The molecule has 0 bridgehead atoms. The third-order valence-electron chi connectivity index (χ3n) is 8.23. The third kappa shape index (κ3) is 8.39. The molecule has 0 N–H and O–H groups in total. The van der Waals surface area contributed by atoms with Crippen molar-refractivity contribution in [3.63, 3.8) is 0 Å². The van der Waals surface area contributed by atoms with E-state index in [1.807, 2.05) is 12.2 Å². The first-order valence-electron chi connectivity index (χ1n) is 14.5. The molecule has 3 aliphatic carbocycles. The number of benzene rings is 5. The Hall–Kier alpha value is -1.88. The van der Waals surface area contributed by atoms with E-state index in [0.29, 0.717) is 11.8 Å². The fourth-order valence-corrected chi connectivity index (χ4v) is 6.52. The van der Waals surface area contributed by atoms with Crippen LogP contribution in [0.25, 0.3) is 33.0 Å². The topological polar surface area (TPSA) is 0 Å². The van der Waals surface area contributed by atoms with Gasteiger partial charge in [-0.3, -0.25) is 6.08 Å². The van der Waals surface area contributed by atoms with Gasteiger partial charge in [0.25, 0.3) is 0 Å². The van der Waals surface area contributed by atoms with Gasteiger partial charge in [-0.2, -0.15) is 23.6 Å². The number of halogens is 4. The Morgan fingerprint density at radius 1 is 0.565 bits per heavy atom. The van der Waals surface area contributed by atoms with Crippen LogP contribution in [-0.4, -0.2) is 0 Å². The molecule has 1 radical (unpaired) electrons. The molecular weight excluding hydrogens is 805 g/mol. The Bertz CT molecular complexity index is 1670. The van der Waals surface area contributed by atoms with Gasteiger partial charge in [0, 0.05) is 11.8 Å². The monoisotopic (exact) mass is 830 g/mol. The minimum atomic E-state index is -0.826. The van der Waals surface area contributed by atoms with E-state index >= 15 is 0 Å². The van der Waals surface area contributed by atoms with Crippen molar-refractivity contribution in [1.29, 1.82) is 0 Å². The molecule has 6 aromatic rings. The van der Waals surface area contributed by atoms with Crippen molar-refractivity contribution in [3.8, 4) is 22.3 Å². The predicted octanol–water partition coefficient (Wildman–Crippen LogP) is 5.86. The first kappa shape index (κ1) is 38.6. The average Bonchev–Trinajstić information content (AvgIpc) is 3.88. The Morgan fingerprint density at radius 2 is 0.957 bits per heavy atom. The van der Waals surface area contributed by atoms with Crippen LogP contribution < -0.4 is 24.8 Å². The summed E-state index contributed by atoms with van der Waals surface area (Å²) in [6, 6.07) is 50.5. The predicted molar refractivity (Wildman–Crippen MR) is 180 cm³/mol. The summed E-state index contributed by atoms with van der Waals surface area (Å²) in [5.41, 5.74) is 11.4. The molecule has 6 aromatic carbocycles. The van der Waals surface area contributed by atoms with E-state index in [4.69, 9.17) is 17.0 Å². The van der Waals surface area contributed by atoms with Gasteiger partial charge in [0.2, 0.25) is 0 Å². The number of hydrogen-bond acceptors (Lipinski definition) is 0. The summed E-state index contributed by atoms with van der Waals surface area (Å²) < 4.78 is 0. The summed E-state index contributed by atoms with van der Waals surface area (Å²) in [5, 5.41) is 2.66. The second-order valence-corrected chi connectivity index (χ2v) is 14.3. The molecule has 0 nitrogen and oxygen atoms in total. The van der Waals surface area contributed by atoms with Crippen LogP contribution in [0.2, 0.25) is 0 Å². The summed E-state index contributed by atoms with van der Waals surface area (Å²) in [6.45, 7) is 0. The molecule has 3 aliphatic rings. The summed E-state index contributed by atoms with van der Waals surface area (Å²) in [5.74, 6) is 0.763. The molecule has 0 aliphatic heterocycles. The van der Waals surface area contributed by atoms with Gasteiger partial charge in [0.05, 0.1) is 0 Å². The van der Waals surface area contributed by atoms with Crippen molar-refractivity contribution >= 4 is 27.8 Å². The van der Waals surface area contributed by atoms with E-state index < -0.39 is 20.8 Å². The Labute approximate surface area is 322 Å². The van der Waals surface area contributed by atoms with Crippen molar-refractivity contribution in [2.75, 3.05) is 0 Å². The van der Waals surface area contributed by atoms with Crippen LogP contribution in [0.1, 0.15) is 40.5 Å². The van der Waals surface area contributed by atoms with Crippen molar-refractivity contribution in [2.45, 2.75) is 18.3 Å². The number of allylic oxidation sites excluding steroid dienone is 4. The minimum Gasteiger partial charge on any atom is -0.168 e. The summed E-state index contributed by atoms with van der Waals surface area (Å²) in [7, 11) is 9.87. The molecular formula is C40H30Cl4Zr2-. The summed E-state index contributed by atoms with van der Waals surface area (Å²) in [6.07, 6.45) is 10.0. The molecule has 0 atom stereocenters. The van der Waals surface area contributed by atoms with Gasteiger partial charge >= 0.3 is 64.1 Å². The normalized spacial score (nSPS) is 12.5. The molecule has 0 fully saturated rings. The van der Waals surface area contributed by atoms with Gasteiger partial charge in [-0.05, 0) is 44.5 Å². The smallest absolute Gasteiger partial charge is 0.168 e. The fourth-order valence-electron chi connectivity index (χ4n) is 6.52. The van der Waals surface area contributed by atoms with E-state index in [1.54, 1.807) is 0 Å². The van der Waals surface area contributed by atoms with Crippen molar-refractivity contribution in [2.24, 2.45) is 0 Å². The Morgan fingerprint density at radius 3 is 1.30 bits per heavy atom. The molecule has 0 unspecified atom stereocenters. The van der Waals surface area contributed by atoms with Gasteiger partial charge in [0.15, 0.2) is 0 Å². The summed E-state index contributed by atoms with van der Waals surface area (Å²) >= 11 is -0.826. The first-order chi connectivity index (χ1) is 21.3. The van der Waals surface area contributed by atoms with E-state index in [1.165, 1.54) is 55.3 Å². The zero-order valence-electron chi connectivity index (χ0n) is 24.9. The second kappa shape index (κ2) is 19.2. The SMILES string of the molecule is [C-]1=CC=CC1.[Cl-].[Cl-].[Cl][Zr][Cl].[Zr+3].c1ccc2[cH-]ccc2c1.c1ccc2c(c1)-c1ccccc1C2C1c2ccccc2-c2ccccc21. The largest absolute Gasteiger partial charge is 3.00 e. The molecule has 9 rings (SSSR count). The second-order valence-electron chi connectivity index (χ2n) is 10.5. The Balaban J connectivity index is 0.000000239. The maximum absolute atomic E-state index is 4.93. The maximum Gasteiger partial charge on any atom is 3.00 e. The van der Waals surface area contributed by atoms with Gasteiger partial charge in [-0.15, -0.1) is 36.1 Å². The summed E-state index contributed by atoms with van der Waals surface area (Å²) in [4.78, 5) is 0. The van der Waals surface area contributed by atoms with E-state index in [0.717, 1.165) is 6.42 Å². The zero-order chi connectivity index (χ0) is 29.4. The molecule has 0 spiro atoms. The van der Waals surface area contributed by atoms with Crippen LogP contribution in [-0.2, 0) is 47.1 Å². The quantitative estimate of drug-likeness (QED) is 0.183. The molecule has 0 amide bonds. The Kier molecular flexibility index (Phi) is 16.1. The van der Waals surface area contributed by atoms with Crippen LogP contribution in [0.5, 0.6) is 0 Å². The van der Waals surface area contributed by atoms with Crippen LogP contribution in [0.4, 0.5) is 0 Å². The van der Waals surface area contributed by atoms with Crippen LogP contribution in [0.3, 0.4) is 0 Å². The number of hydrogen-bond donors (Lipinski definition) is 0. The van der Waals surface area contributed by atoms with Gasteiger partial charge in [-0.1, -0.05) is 103 Å². The molecule has 0 saturated heterocycles. The maximum atomic E-state index is 4.93. The zero-order valence-corrected chi connectivity index (χ0v) is 32.8. The van der Waals surface area contributed by atoms with Gasteiger partial charge in [0.1, 0.15) is 0 Å². The molecule has 6 heteroatoms. The standard InChI is InChI=1S/C26H18.C9H7.C5H5.4ClH.2Zr/c1-5-13-21-17(9-1)18-10-2-6-14-22(18)25(21)26-23-15-7-3-11-19(23)20-12-4-8-16-24(20)26;1-2-5-9-7-3-6-8(9)4-1;1-2-4-5-3-1;;;;;;/h1-16,25-26H;1-7H;1-3H,4H2;4*1H;;/q;2*-1;;;;;+2;+3/p-4. The van der Waals surface area contributed by atoms with E-state index in [9.17, 15) is 0 Å². The molecule has 227 valence electrons. The van der Waals surface area contributed by atoms with Crippen molar-refractivity contribution < 1.29 is 71.9 Å². The van der Waals surface area contributed by atoms with Gasteiger partial charge < -0.3 is 24.8 Å². The van der Waals surface area contributed by atoms with E-state index in [-0.39, 0.29) is 51.0 Å². The molecule has 0 saturated carbocycles. The average molecular weight is 835 g/mol. The van der Waals surface area contributed by atoms with Crippen LogP contribution >= 0.6 is 17.0 Å². The van der Waals surface area contributed by atoms with Crippen molar-refractivity contribution in [3.05, 3.63) is 186 Å². The van der Waals surface area contributed by atoms with Crippen molar-refractivity contribution in [1.82, 2.24) is 0 Å². The molecule has 0 aromatic heterocycles.